The molecule has 3 nitrogen and oxygen atoms in total. The van der Waals surface area contributed by atoms with Gasteiger partial charge in [-0.15, -0.1) is 0 Å². The van der Waals surface area contributed by atoms with Gasteiger partial charge in [0.05, 0.1) is 5.92 Å². The highest BCUT2D eigenvalue weighted by atomic mass is 19.4. The number of nitrogen functional groups attached to an aromatic ring is 1. The van der Waals surface area contributed by atoms with Crippen LogP contribution in [0.1, 0.15) is 18.4 Å². The number of anilines is 1. The molecule has 1 aliphatic heterocycles. The second-order valence-electron chi connectivity index (χ2n) is 4.68. The molecule has 0 aromatic carbocycles. The second-order valence-corrected chi connectivity index (χ2v) is 4.68. The average molecular weight is 259 g/mol. The van der Waals surface area contributed by atoms with Gasteiger partial charge in [0.1, 0.15) is 5.82 Å². The normalized spacial score (nSPS) is 19.1. The number of aromatic nitrogens is 1. The topological polar surface area (TPSA) is 42.1 Å². The number of nitrogens with zero attached hydrogens (tertiary/aromatic N) is 2. The summed E-state index contributed by atoms with van der Waals surface area (Å²) in [4.78, 5) is 5.91. The van der Waals surface area contributed by atoms with Crippen molar-refractivity contribution in [3.8, 4) is 0 Å². The molecule has 1 saturated heterocycles. The van der Waals surface area contributed by atoms with E-state index in [4.69, 9.17) is 5.73 Å². The van der Waals surface area contributed by atoms with Crippen LogP contribution < -0.4 is 5.73 Å². The molecular formula is C12H16F3N3. The highest BCUT2D eigenvalue weighted by Gasteiger charge is 2.40. The summed E-state index contributed by atoms with van der Waals surface area (Å²) in [6, 6.07) is 3.60. The van der Waals surface area contributed by atoms with Crippen LogP contribution >= 0.6 is 0 Å². The summed E-state index contributed by atoms with van der Waals surface area (Å²) < 4.78 is 37.5. The van der Waals surface area contributed by atoms with Gasteiger partial charge in [-0.3, -0.25) is 4.90 Å². The molecule has 1 aromatic heterocycles. The van der Waals surface area contributed by atoms with Gasteiger partial charge in [0.25, 0.3) is 0 Å². The highest BCUT2D eigenvalue weighted by Crippen LogP contribution is 2.34. The van der Waals surface area contributed by atoms with Crippen LogP contribution in [-0.2, 0) is 6.54 Å². The number of rotatable bonds is 2. The third kappa shape index (κ3) is 3.35. The molecule has 0 aliphatic carbocycles. The van der Waals surface area contributed by atoms with E-state index in [0.717, 1.165) is 5.56 Å². The molecule has 0 atom stereocenters. The molecule has 18 heavy (non-hydrogen) atoms. The molecule has 0 bridgehead atoms. The maximum Gasteiger partial charge on any atom is 0.391 e. The molecule has 1 fully saturated rings. The summed E-state index contributed by atoms with van der Waals surface area (Å²) in [7, 11) is 0. The largest absolute Gasteiger partial charge is 0.391 e. The van der Waals surface area contributed by atoms with Crippen molar-refractivity contribution in [1.29, 1.82) is 0 Å². The molecule has 1 aliphatic rings. The molecule has 2 rings (SSSR count). The van der Waals surface area contributed by atoms with Crippen molar-refractivity contribution >= 4 is 5.82 Å². The molecule has 0 amide bonds. The van der Waals surface area contributed by atoms with Crippen LogP contribution in [0.25, 0.3) is 0 Å². The summed E-state index contributed by atoms with van der Waals surface area (Å²) in [5.41, 5.74) is 6.56. The quantitative estimate of drug-likeness (QED) is 0.887. The van der Waals surface area contributed by atoms with Crippen molar-refractivity contribution in [3.05, 3.63) is 23.9 Å². The van der Waals surface area contributed by atoms with E-state index in [2.05, 4.69) is 4.98 Å². The number of hydrogen-bond donors (Lipinski definition) is 1. The Morgan fingerprint density at radius 1 is 1.33 bits per heavy atom. The van der Waals surface area contributed by atoms with Gasteiger partial charge < -0.3 is 5.73 Å². The SMILES string of the molecule is Nc1cc(CN2CCC(C(F)(F)F)CC2)ccn1. The van der Waals surface area contributed by atoms with E-state index in [1.807, 2.05) is 11.0 Å². The summed E-state index contributed by atoms with van der Waals surface area (Å²) in [6.07, 6.45) is -2.06. The Hall–Kier alpha value is -1.30. The van der Waals surface area contributed by atoms with Crippen LogP contribution in [0.3, 0.4) is 0 Å². The maximum absolute atomic E-state index is 12.5. The standard InChI is InChI=1S/C12H16F3N3/c13-12(14,15)10-2-5-18(6-3-10)8-9-1-4-17-11(16)7-9/h1,4,7,10H,2-3,5-6,8H2,(H2,16,17). The minimum Gasteiger partial charge on any atom is -0.384 e. The lowest BCUT2D eigenvalue weighted by Crippen LogP contribution is -2.38. The Morgan fingerprint density at radius 3 is 2.56 bits per heavy atom. The number of alkyl halides is 3. The fourth-order valence-electron chi connectivity index (χ4n) is 2.27. The maximum atomic E-state index is 12.5. The van der Waals surface area contributed by atoms with Crippen molar-refractivity contribution in [2.24, 2.45) is 5.92 Å². The molecule has 6 heteroatoms. The minimum absolute atomic E-state index is 0.185. The van der Waals surface area contributed by atoms with Crippen molar-refractivity contribution in [3.63, 3.8) is 0 Å². The molecule has 1 aromatic rings. The first-order valence-corrected chi connectivity index (χ1v) is 5.94. The molecular weight excluding hydrogens is 243 g/mol. The fraction of sp³-hybridized carbons (Fsp3) is 0.583. The number of nitrogens with two attached hydrogens (primary N) is 1. The Kier molecular flexibility index (Phi) is 3.75. The smallest absolute Gasteiger partial charge is 0.384 e. The molecule has 2 heterocycles. The van der Waals surface area contributed by atoms with E-state index in [9.17, 15) is 13.2 Å². The van der Waals surface area contributed by atoms with E-state index in [-0.39, 0.29) is 12.8 Å². The monoisotopic (exact) mass is 259 g/mol. The lowest BCUT2D eigenvalue weighted by atomic mass is 9.96. The van der Waals surface area contributed by atoms with Gasteiger partial charge in [0.15, 0.2) is 0 Å². The number of pyridine rings is 1. The van der Waals surface area contributed by atoms with Crippen molar-refractivity contribution in [2.75, 3.05) is 18.8 Å². The summed E-state index contributed by atoms with van der Waals surface area (Å²) in [5.74, 6) is -0.700. The van der Waals surface area contributed by atoms with Crippen LogP contribution in [0.4, 0.5) is 19.0 Å². The lowest BCUT2D eigenvalue weighted by Gasteiger charge is -2.32. The van der Waals surface area contributed by atoms with Gasteiger partial charge in [-0.1, -0.05) is 0 Å². The van der Waals surface area contributed by atoms with Crippen LogP contribution in [0.15, 0.2) is 18.3 Å². The van der Waals surface area contributed by atoms with Gasteiger partial charge in [0, 0.05) is 12.7 Å². The number of likely N-dealkylation sites (tertiary alicyclic amines) is 1. The Labute approximate surface area is 104 Å². The molecule has 0 spiro atoms. The third-order valence-electron chi connectivity index (χ3n) is 3.30. The van der Waals surface area contributed by atoms with Gasteiger partial charge in [-0.2, -0.15) is 13.2 Å². The van der Waals surface area contributed by atoms with Crippen LogP contribution in [0.2, 0.25) is 0 Å². The van der Waals surface area contributed by atoms with Gasteiger partial charge in [-0.25, -0.2) is 4.98 Å². The first-order chi connectivity index (χ1) is 8.45. The van der Waals surface area contributed by atoms with Gasteiger partial charge in [0.2, 0.25) is 0 Å². The van der Waals surface area contributed by atoms with E-state index < -0.39 is 12.1 Å². The van der Waals surface area contributed by atoms with E-state index in [1.165, 1.54) is 0 Å². The second kappa shape index (κ2) is 5.14. The van der Waals surface area contributed by atoms with E-state index >= 15 is 0 Å². The van der Waals surface area contributed by atoms with E-state index in [1.54, 1.807) is 12.3 Å². The van der Waals surface area contributed by atoms with Crippen LogP contribution in [-0.4, -0.2) is 29.1 Å². The highest BCUT2D eigenvalue weighted by molar-refractivity contribution is 5.31. The van der Waals surface area contributed by atoms with Crippen LogP contribution in [0.5, 0.6) is 0 Å². The first kappa shape index (κ1) is 13.1. The van der Waals surface area contributed by atoms with Gasteiger partial charge >= 0.3 is 6.18 Å². The van der Waals surface area contributed by atoms with Gasteiger partial charge in [-0.05, 0) is 43.6 Å². The average Bonchev–Trinajstić information content (AvgIpc) is 2.28. The third-order valence-corrected chi connectivity index (χ3v) is 3.30. The van der Waals surface area contributed by atoms with E-state index in [0.29, 0.717) is 25.5 Å². The van der Waals surface area contributed by atoms with Crippen molar-refractivity contribution < 1.29 is 13.2 Å². The zero-order valence-corrected chi connectivity index (χ0v) is 9.95. The van der Waals surface area contributed by atoms with Crippen LogP contribution in [0, 0.1) is 5.92 Å². The molecule has 0 unspecified atom stereocenters. The minimum atomic E-state index is -4.05. The fourth-order valence-corrected chi connectivity index (χ4v) is 2.27. The van der Waals surface area contributed by atoms with Crippen molar-refractivity contribution in [2.45, 2.75) is 25.6 Å². The predicted octanol–water partition coefficient (Wildman–Crippen LogP) is 2.44. The molecule has 100 valence electrons. The molecule has 0 radical (unpaired) electrons. The molecule has 0 saturated carbocycles. The molecule has 2 N–H and O–H groups in total. The Bertz CT molecular complexity index is 398. The van der Waals surface area contributed by atoms with Crippen molar-refractivity contribution in [1.82, 2.24) is 9.88 Å². The number of piperidine rings is 1. The zero-order chi connectivity index (χ0) is 13.2. The summed E-state index contributed by atoms with van der Waals surface area (Å²) in [5, 5.41) is 0. The predicted molar refractivity (Wildman–Crippen MR) is 62.7 cm³/mol. The first-order valence-electron chi connectivity index (χ1n) is 5.94. The summed E-state index contributed by atoms with van der Waals surface area (Å²) in [6.45, 7) is 1.59. The Morgan fingerprint density at radius 2 is 2.00 bits per heavy atom. The number of halogens is 3. The summed E-state index contributed by atoms with van der Waals surface area (Å²) >= 11 is 0. The zero-order valence-electron chi connectivity index (χ0n) is 9.95. The lowest BCUT2D eigenvalue weighted by molar-refractivity contribution is -0.185. The number of hydrogen-bond acceptors (Lipinski definition) is 3. The Balaban J connectivity index is 1.87.